The van der Waals surface area contributed by atoms with Crippen LogP contribution in [0.4, 0.5) is 0 Å². The first-order chi connectivity index (χ1) is 6.65. The summed E-state index contributed by atoms with van der Waals surface area (Å²) in [4.78, 5) is 7.95. The molecule has 2 atom stereocenters. The van der Waals surface area contributed by atoms with Crippen molar-refractivity contribution in [3.8, 4) is 0 Å². The van der Waals surface area contributed by atoms with Crippen LogP contribution in [0.3, 0.4) is 0 Å². The summed E-state index contributed by atoms with van der Waals surface area (Å²) in [5.41, 5.74) is 6.36. The summed E-state index contributed by atoms with van der Waals surface area (Å²) < 4.78 is 0. The fourth-order valence-electron chi connectivity index (χ4n) is 1.15. The van der Waals surface area contributed by atoms with Crippen LogP contribution in [0.2, 0.25) is 0 Å². The summed E-state index contributed by atoms with van der Waals surface area (Å²) in [7, 11) is 0. The Kier molecular flexibility index (Phi) is 3.94. The van der Waals surface area contributed by atoms with E-state index >= 15 is 0 Å². The number of rotatable bonds is 4. The Morgan fingerprint density at radius 3 is 2.71 bits per heavy atom. The van der Waals surface area contributed by atoms with Crippen LogP contribution in [0.1, 0.15) is 23.9 Å². The molecule has 0 amide bonds. The van der Waals surface area contributed by atoms with Crippen LogP contribution >= 0.6 is 0 Å². The van der Waals surface area contributed by atoms with Crippen LogP contribution < -0.4 is 5.73 Å². The molecule has 0 radical (unpaired) electrons. The number of nitrogens with two attached hydrogens (primary N) is 1. The zero-order valence-corrected chi connectivity index (χ0v) is 8.09. The number of aliphatic hydroxyl groups excluding tert-OH is 2. The molecular formula is C9H15N3O2. The standard InChI is InChI=1S/C9H15N3O2/c1-6-4-11-5-7(12-6)9(14)8(13)2-3-10/h4-5,8-9,13-14H,2-3,10H2,1H3. The maximum absolute atomic E-state index is 9.64. The zero-order valence-electron chi connectivity index (χ0n) is 8.09. The molecule has 1 heterocycles. The molecule has 4 N–H and O–H groups in total. The van der Waals surface area contributed by atoms with Gasteiger partial charge in [0.15, 0.2) is 0 Å². The minimum atomic E-state index is -1.01. The SMILES string of the molecule is Cc1cncc(C(O)C(O)CCN)n1. The van der Waals surface area contributed by atoms with E-state index in [-0.39, 0.29) is 0 Å². The first-order valence-electron chi connectivity index (χ1n) is 4.50. The van der Waals surface area contributed by atoms with E-state index in [1.54, 1.807) is 13.1 Å². The lowest BCUT2D eigenvalue weighted by molar-refractivity contribution is 0.0122. The highest BCUT2D eigenvalue weighted by atomic mass is 16.3. The summed E-state index contributed by atoms with van der Waals surface area (Å²) in [6.45, 7) is 2.11. The van der Waals surface area contributed by atoms with E-state index in [0.717, 1.165) is 0 Å². The molecule has 5 heteroatoms. The fourth-order valence-corrected chi connectivity index (χ4v) is 1.15. The van der Waals surface area contributed by atoms with E-state index in [1.165, 1.54) is 6.20 Å². The van der Waals surface area contributed by atoms with E-state index in [2.05, 4.69) is 9.97 Å². The number of hydrogen-bond donors (Lipinski definition) is 3. The lowest BCUT2D eigenvalue weighted by Gasteiger charge is -2.16. The van der Waals surface area contributed by atoms with Gasteiger partial charge < -0.3 is 15.9 Å². The van der Waals surface area contributed by atoms with Gasteiger partial charge >= 0.3 is 0 Å². The number of aliphatic hydroxyl groups is 2. The van der Waals surface area contributed by atoms with Crippen molar-refractivity contribution in [2.24, 2.45) is 5.73 Å². The predicted octanol–water partition coefficient (Wildman–Crippen LogP) is -0.472. The van der Waals surface area contributed by atoms with Gasteiger partial charge in [0.25, 0.3) is 0 Å². The monoisotopic (exact) mass is 197 g/mol. The van der Waals surface area contributed by atoms with Crippen molar-refractivity contribution in [2.75, 3.05) is 6.54 Å². The zero-order chi connectivity index (χ0) is 10.6. The molecule has 0 aliphatic carbocycles. The molecule has 5 nitrogen and oxygen atoms in total. The Morgan fingerprint density at radius 2 is 2.14 bits per heavy atom. The summed E-state index contributed by atoms with van der Waals surface area (Å²) in [6, 6.07) is 0. The van der Waals surface area contributed by atoms with Crippen LogP contribution in [-0.4, -0.2) is 32.8 Å². The lowest BCUT2D eigenvalue weighted by Crippen LogP contribution is -2.22. The fraction of sp³-hybridized carbons (Fsp3) is 0.556. The molecule has 78 valence electrons. The molecule has 0 spiro atoms. The highest BCUT2D eigenvalue weighted by Crippen LogP contribution is 2.15. The van der Waals surface area contributed by atoms with Gasteiger partial charge in [-0.15, -0.1) is 0 Å². The summed E-state index contributed by atoms with van der Waals surface area (Å²) in [5, 5.41) is 19.1. The van der Waals surface area contributed by atoms with Crippen molar-refractivity contribution >= 4 is 0 Å². The first-order valence-corrected chi connectivity index (χ1v) is 4.50. The van der Waals surface area contributed by atoms with Crippen LogP contribution in [-0.2, 0) is 0 Å². The second-order valence-corrected chi connectivity index (χ2v) is 3.17. The van der Waals surface area contributed by atoms with Gasteiger partial charge in [-0.05, 0) is 19.9 Å². The molecule has 0 bridgehead atoms. The minimum absolute atomic E-state index is 0.331. The second-order valence-electron chi connectivity index (χ2n) is 3.17. The molecule has 2 unspecified atom stereocenters. The lowest BCUT2D eigenvalue weighted by atomic mass is 10.1. The van der Waals surface area contributed by atoms with Crippen molar-refractivity contribution in [3.63, 3.8) is 0 Å². The smallest absolute Gasteiger partial charge is 0.123 e. The van der Waals surface area contributed by atoms with E-state index in [9.17, 15) is 10.2 Å². The Balaban J connectivity index is 2.73. The van der Waals surface area contributed by atoms with Gasteiger partial charge in [0.05, 0.1) is 23.7 Å². The molecule has 0 fully saturated rings. The summed E-state index contributed by atoms with van der Waals surface area (Å²) in [6.07, 6.45) is 1.49. The Hall–Kier alpha value is -1.04. The average Bonchev–Trinajstić information content (AvgIpc) is 2.17. The highest BCUT2D eigenvalue weighted by Gasteiger charge is 2.18. The predicted molar refractivity (Wildman–Crippen MR) is 51.4 cm³/mol. The third-order valence-electron chi connectivity index (χ3n) is 1.90. The molecular weight excluding hydrogens is 182 g/mol. The van der Waals surface area contributed by atoms with E-state index < -0.39 is 12.2 Å². The van der Waals surface area contributed by atoms with Crippen LogP contribution in [0.15, 0.2) is 12.4 Å². The van der Waals surface area contributed by atoms with Crippen LogP contribution in [0.25, 0.3) is 0 Å². The third kappa shape index (κ3) is 2.73. The van der Waals surface area contributed by atoms with Gasteiger partial charge in [-0.2, -0.15) is 0 Å². The highest BCUT2D eigenvalue weighted by molar-refractivity contribution is 5.05. The first kappa shape index (κ1) is 11.0. The Bertz CT molecular complexity index is 293. The topological polar surface area (TPSA) is 92.3 Å². The number of nitrogens with zero attached hydrogens (tertiary/aromatic N) is 2. The number of aryl methyl sites for hydroxylation is 1. The van der Waals surface area contributed by atoms with Crippen molar-refractivity contribution in [3.05, 3.63) is 23.8 Å². The van der Waals surface area contributed by atoms with E-state index in [4.69, 9.17) is 5.73 Å². The minimum Gasteiger partial charge on any atom is -0.390 e. The van der Waals surface area contributed by atoms with Gasteiger partial charge in [-0.3, -0.25) is 9.97 Å². The van der Waals surface area contributed by atoms with Crippen LogP contribution in [0.5, 0.6) is 0 Å². The number of hydrogen-bond acceptors (Lipinski definition) is 5. The number of aromatic nitrogens is 2. The Labute approximate surface area is 82.6 Å². The summed E-state index contributed by atoms with van der Waals surface area (Å²) in [5.74, 6) is 0. The third-order valence-corrected chi connectivity index (χ3v) is 1.90. The normalized spacial score (nSPS) is 15.1. The van der Waals surface area contributed by atoms with Gasteiger partial charge in [-0.25, -0.2) is 0 Å². The molecule has 0 aromatic carbocycles. The van der Waals surface area contributed by atoms with Crippen LogP contribution in [0, 0.1) is 6.92 Å². The van der Waals surface area contributed by atoms with E-state index in [1.807, 2.05) is 0 Å². The molecule has 0 aliphatic rings. The molecule has 1 aromatic heterocycles. The van der Waals surface area contributed by atoms with Crippen molar-refractivity contribution < 1.29 is 10.2 Å². The second kappa shape index (κ2) is 4.99. The van der Waals surface area contributed by atoms with E-state index in [0.29, 0.717) is 24.4 Å². The van der Waals surface area contributed by atoms with Crippen molar-refractivity contribution in [1.29, 1.82) is 0 Å². The van der Waals surface area contributed by atoms with Gasteiger partial charge in [-0.1, -0.05) is 0 Å². The van der Waals surface area contributed by atoms with Crippen molar-refractivity contribution in [2.45, 2.75) is 25.6 Å². The maximum atomic E-state index is 9.64. The quantitative estimate of drug-likeness (QED) is 0.606. The average molecular weight is 197 g/mol. The molecule has 1 rings (SSSR count). The summed E-state index contributed by atoms with van der Waals surface area (Å²) >= 11 is 0. The Morgan fingerprint density at radius 1 is 1.43 bits per heavy atom. The maximum Gasteiger partial charge on any atom is 0.123 e. The van der Waals surface area contributed by atoms with Gasteiger partial charge in [0, 0.05) is 6.20 Å². The van der Waals surface area contributed by atoms with Gasteiger partial charge in [0.2, 0.25) is 0 Å². The molecule has 0 saturated carbocycles. The molecule has 1 aromatic rings. The molecule has 14 heavy (non-hydrogen) atoms. The van der Waals surface area contributed by atoms with Crippen molar-refractivity contribution in [1.82, 2.24) is 9.97 Å². The molecule has 0 aliphatic heterocycles. The largest absolute Gasteiger partial charge is 0.390 e. The van der Waals surface area contributed by atoms with Gasteiger partial charge in [0.1, 0.15) is 6.10 Å². The molecule has 0 saturated heterocycles.